The quantitative estimate of drug-likeness (QED) is 0.839. The molecule has 3 nitrogen and oxygen atoms in total. The van der Waals surface area contributed by atoms with E-state index in [0.717, 1.165) is 30.6 Å². The lowest BCUT2D eigenvalue weighted by Gasteiger charge is -2.31. The number of aliphatic hydroxyl groups is 1. The Morgan fingerprint density at radius 3 is 2.79 bits per heavy atom. The molecular formula is C14H18ClNO2S. The van der Waals surface area contributed by atoms with Crippen molar-refractivity contribution in [2.75, 3.05) is 6.54 Å². The topological polar surface area (TPSA) is 49.3 Å². The van der Waals surface area contributed by atoms with Crippen LogP contribution in [0.1, 0.15) is 37.0 Å². The van der Waals surface area contributed by atoms with E-state index in [1.54, 1.807) is 12.1 Å². The number of hydrogen-bond donors (Lipinski definition) is 2. The Balaban J connectivity index is 1.79. The molecule has 1 aromatic rings. The van der Waals surface area contributed by atoms with Gasteiger partial charge in [-0.2, -0.15) is 0 Å². The second kappa shape index (κ2) is 6.55. The molecule has 0 aromatic carbocycles. The molecule has 0 aliphatic heterocycles. The third-order valence-electron chi connectivity index (χ3n) is 3.37. The molecule has 1 amide bonds. The van der Waals surface area contributed by atoms with Gasteiger partial charge in [-0.05, 0) is 31.1 Å². The van der Waals surface area contributed by atoms with Crippen molar-refractivity contribution in [1.82, 2.24) is 5.32 Å². The van der Waals surface area contributed by atoms with Crippen molar-refractivity contribution in [3.8, 4) is 0 Å². The Morgan fingerprint density at radius 2 is 2.16 bits per heavy atom. The van der Waals surface area contributed by atoms with Gasteiger partial charge in [0.15, 0.2) is 0 Å². The molecule has 0 atom stereocenters. The highest BCUT2D eigenvalue weighted by Gasteiger charge is 2.29. The fraction of sp³-hybridized carbons (Fsp3) is 0.500. The van der Waals surface area contributed by atoms with Gasteiger partial charge >= 0.3 is 0 Å². The van der Waals surface area contributed by atoms with Gasteiger partial charge in [-0.15, -0.1) is 11.3 Å². The van der Waals surface area contributed by atoms with Crippen molar-refractivity contribution >= 4 is 34.9 Å². The van der Waals surface area contributed by atoms with E-state index in [9.17, 15) is 9.90 Å². The molecule has 0 bridgehead atoms. The van der Waals surface area contributed by atoms with E-state index in [1.807, 2.05) is 6.07 Å². The first-order valence-electron chi connectivity index (χ1n) is 6.51. The van der Waals surface area contributed by atoms with E-state index in [2.05, 4.69) is 5.32 Å². The molecule has 0 radical (unpaired) electrons. The molecule has 1 saturated carbocycles. The van der Waals surface area contributed by atoms with Crippen molar-refractivity contribution in [3.63, 3.8) is 0 Å². The van der Waals surface area contributed by atoms with Gasteiger partial charge in [0.25, 0.3) is 0 Å². The van der Waals surface area contributed by atoms with Crippen LogP contribution < -0.4 is 5.32 Å². The molecule has 0 unspecified atom stereocenters. The second-order valence-electron chi connectivity index (χ2n) is 4.98. The lowest BCUT2D eigenvalue weighted by Crippen LogP contribution is -2.43. The van der Waals surface area contributed by atoms with E-state index in [-0.39, 0.29) is 5.91 Å². The lowest BCUT2D eigenvalue weighted by molar-refractivity contribution is -0.118. The molecule has 1 aromatic heterocycles. The van der Waals surface area contributed by atoms with Gasteiger partial charge in [0.1, 0.15) is 0 Å². The number of hydrogen-bond acceptors (Lipinski definition) is 3. The average Bonchev–Trinajstić information content (AvgIpc) is 2.81. The molecule has 1 aliphatic rings. The summed E-state index contributed by atoms with van der Waals surface area (Å²) in [6.07, 6.45) is 8.02. The van der Waals surface area contributed by atoms with E-state index >= 15 is 0 Å². The molecule has 0 spiro atoms. The fourth-order valence-corrected chi connectivity index (χ4v) is 3.24. The standard InChI is InChI=1S/C14H18ClNO2S/c15-12-6-4-11(19-12)5-7-13(17)16-10-14(18)8-2-1-3-9-14/h4-7,18H,1-3,8-10H2,(H,16,17). The summed E-state index contributed by atoms with van der Waals surface area (Å²) in [5.74, 6) is -0.177. The fourth-order valence-electron chi connectivity index (χ4n) is 2.27. The minimum atomic E-state index is -0.714. The van der Waals surface area contributed by atoms with Crippen LogP contribution in [0, 0.1) is 0 Å². The average molecular weight is 300 g/mol. The third-order valence-corrected chi connectivity index (χ3v) is 4.57. The maximum absolute atomic E-state index is 11.7. The first-order chi connectivity index (χ1) is 9.07. The van der Waals surface area contributed by atoms with E-state index < -0.39 is 5.60 Å². The number of carbonyl (C=O) groups is 1. The molecular weight excluding hydrogens is 282 g/mol. The Bertz CT molecular complexity index is 464. The summed E-state index contributed by atoms with van der Waals surface area (Å²) in [6, 6.07) is 3.67. The molecule has 1 aliphatic carbocycles. The van der Waals surface area contributed by atoms with Crippen LogP contribution in [0.2, 0.25) is 4.34 Å². The molecule has 19 heavy (non-hydrogen) atoms. The van der Waals surface area contributed by atoms with Crippen molar-refractivity contribution in [3.05, 3.63) is 27.4 Å². The van der Waals surface area contributed by atoms with Crippen LogP contribution in [0.25, 0.3) is 6.08 Å². The van der Waals surface area contributed by atoms with Gasteiger partial charge in [0, 0.05) is 17.5 Å². The smallest absolute Gasteiger partial charge is 0.244 e. The summed E-state index contributed by atoms with van der Waals surface area (Å²) in [5.41, 5.74) is -0.714. The Kier molecular flexibility index (Phi) is 5.02. The Morgan fingerprint density at radius 1 is 1.42 bits per heavy atom. The predicted molar refractivity (Wildman–Crippen MR) is 79.4 cm³/mol. The first kappa shape index (κ1) is 14.6. The zero-order chi connectivity index (χ0) is 13.7. The van der Waals surface area contributed by atoms with Crippen molar-refractivity contribution < 1.29 is 9.90 Å². The summed E-state index contributed by atoms with van der Waals surface area (Å²) in [7, 11) is 0. The molecule has 2 rings (SSSR count). The molecule has 1 fully saturated rings. The van der Waals surface area contributed by atoms with Crippen molar-refractivity contribution in [1.29, 1.82) is 0 Å². The summed E-state index contributed by atoms with van der Waals surface area (Å²) in [5, 5.41) is 13.0. The summed E-state index contributed by atoms with van der Waals surface area (Å²) < 4.78 is 0.705. The predicted octanol–water partition coefficient (Wildman–Crippen LogP) is 3.23. The maximum Gasteiger partial charge on any atom is 0.244 e. The van der Waals surface area contributed by atoms with E-state index in [4.69, 9.17) is 11.6 Å². The number of thiophene rings is 1. The summed E-state index contributed by atoms with van der Waals surface area (Å²) in [6.45, 7) is 0.335. The van der Waals surface area contributed by atoms with Crippen LogP contribution >= 0.6 is 22.9 Å². The van der Waals surface area contributed by atoms with E-state index in [0.29, 0.717) is 10.9 Å². The van der Waals surface area contributed by atoms with E-state index in [1.165, 1.54) is 23.8 Å². The minimum Gasteiger partial charge on any atom is -0.388 e. The Hall–Kier alpha value is -0.840. The van der Waals surface area contributed by atoms with Crippen LogP contribution in [0.5, 0.6) is 0 Å². The molecule has 1 heterocycles. The van der Waals surface area contributed by atoms with Crippen LogP contribution in [0.3, 0.4) is 0 Å². The number of amides is 1. The van der Waals surface area contributed by atoms with Crippen molar-refractivity contribution in [2.45, 2.75) is 37.7 Å². The van der Waals surface area contributed by atoms with Gasteiger partial charge < -0.3 is 10.4 Å². The lowest BCUT2D eigenvalue weighted by atomic mass is 9.85. The minimum absolute atomic E-state index is 0.177. The van der Waals surface area contributed by atoms with Crippen LogP contribution in [-0.4, -0.2) is 23.2 Å². The third kappa shape index (κ3) is 4.64. The van der Waals surface area contributed by atoms with Gasteiger partial charge in [0.2, 0.25) is 5.91 Å². The first-order valence-corrected chi connectivity index (χ1v) is 7.71. The molecule has 104 valence electrons. The molecule has 0 saturated heterocycles. The number of rotatable bonds is 4. The second-order valence-corrected chi connectivity index (χ2v) is 6.72. The van der Waals surface area contributed by atoms with Gasteiger partial charge in [-0.1, -0.05) is 30.9 Å². The largest absolute Gasteiger partial charge is 0.388 e. The molecule has 5 heteroatoms. The summed E-state index contributed by atoms with van der Waals surface area (Å²) >= 11 is 7.23. The number of nitrogens with one attached hydrogen (secondary N) is 1. The van der Waals surface area contributed by atoms with Gasteiger partial charge in [-0.3, -0.25) is 4.79 Å². The zero-order valence-electron chi connectivity index (χ0n) is 10.7. The highest BCUT2D eigenvalue weighted by Crippen LogP contribution is 2.27. The number of carbonyl (C=O) groups excluding carboxylic acids is 1. The maximum atomic E-state index is 11.7. The van der Waals surface area contributed by atoms with Crippen LogP contribution in [0.15, 0.2) is 18.2 Å². The SMILES string of the molecule is O=C(C=Cc1ccc(Cl)s1)NCC1(O)CCCCC1. The zero-order valence-corrected chi connectivity index (χ0v) is 12.3. The Labute approximate surface area is 122 Å². The van der Waals surface area contributed by atoms with Gasteiger partial charge in [-0.25, -0.2) is 0 Å². The highest BCUT2D eigenvalue weighted by molar-refractivity contribution is 7.17. The van der Waals surface area contributed by atoms with Crippen LogP contribution in [-0.2, 0) is 4.79 Å². The molecule has 2 N–H and O–H groups in total. The monoisotopic (exact) mass is 299 g/mol. The van der Waals surface area contributed by atoms with Crippen LogP contribution in [0.4, 0.5) is 0 Å². The number of halogens is 1. The van der Waals surface area contributed by atoms with Gasteiger partial charge in [0.05, 0.1) is 9.94 Å². The van der Waals surface area contributed by atoms with Crippen molar-refractivity contribution in [2.24, 2.45) is 0 Å². The highest BCUT2D eigenvalue weighted by atomic mass is 35.5. The summed E-state index contributed by atoms with van der Waals surface area (Å²) in [4.78, 5) is 12.6. The normalized spacial score (nSPS) is 18.6.